The predicted molar refractivity (Wildman–Crippen MR) is 138 cm³/mol. The summed E-state index contributed by atoms with van der Waals surface area (Å²) < 4.78 is 40.8. The van der Waals surface area contributed by atoms with Crippen LogP contribution in [0.15, 0.2) is 89.0 Å². The van der Waals surface area contributed by atoms with Gasteiger partial charge in [0.2, 0.25) is 5.96 Å². The highest BCUT2D eigenvalue weighted by molar-refractivity contribution is 6.09. The number of amidine groups is 1. The maximum Gasteiger partial charge on any atom is 0.280 e. The van der Waals surface area contributed by atoms with Gasteiger partial charge in [-0.2, -0.15) is 4.99 Å². The molecule has 6 nitrogen and oxygen atoms in total. The van der Waals surface area contributed by atoms with Crippen LogP contribution in [-0.2, 0) is 0 Å². The Morgan fingerprint density at radius 3 is 2.28 bits per heavy atom. The molecule has 0 radical (unpaired) electrons. The van der Waals surface area contributed by atoms with Gasteiger partial charge in [-0.25, -0.2) is 13.8 Å². The second-order valence-electron chi connectivity index (χ2n) is 8.08. The molecule has 1 aliphatic heterocycles. The Balaban J connectivity index is 0.00000176. The van der Waals surface area contributed by atoms with Gasteiger partial charge >= 0.3 is 0 Å². The Morgan fingerprint density at radius 1 is 0.944 bits per heavy atom. The maximum atomic E-state index is 12.8. The van der Waals surface area contributed by atoms with E-state index in [2.05, 4.69) is 58.4 Å². The van der Waals surface area contributed by atoms with Gasteiger partial charge in [-0.1, -0.05) is 44.2 Å². The van der Waals surface area contributed by atoms with E-state index >= 15 is 0 Å². The highest BCUT2D eigenvalue weighted by Crippen LogP contribution is 2.27. The van der Waals surface area contributed by atoms with Crippen molar-refractivity contribution in [2.24, 2.45) is 15.7 Å². The minimum atomic E-state index is -2.65. The number of guanidine groups is 1. The third-order valence-electron chi connectivity index (χ3n) is 5.23. The molecule has 0 spiro atoms. The molecule has 0 bridgehead atoms. The Hall–Kier alpha value is -4.14. The molecule has 188 valence electrons. The number of aromatic nitrogens is 1. The van der Waals surface area contributed by atoms with Crippen molar-refractivity contribution in [3.05, 3.63) is 95.8 Å². The first-order chi connectivity index (χ1) is 17.4. The molecule has 0 fully saturated rings. The van der Waals surface area contributed by atoms with E-state index in [4.69, 9.17) is 10.5 Å². The molecule has 1 atom stereocenters. The molecule has 0 saturated carbocycles. The average Bonchev–Trinajstić information content (AvgIpc) is 3.07. The summed E-state index contributed by atoms with van der Waals surface area (Å²) >= 11 is 0. The summed E-state index contributed by atoms with van der Waals surface area (Å²) in [6.45, 7) is 4.31. The second-order valence-corrected chi connectivity index (χ2v) is 8.08. The number of nitrogens with zero attached hydrogens (tertiary/aromatic N) is 3. The van der Waals surface area contributed by atoms with Crippen LogP contribution < -0.4 is 15.8 Å². The van der Waals surface area contributed by atoms with Gasteiger partial charge in [-0.05, 0) is 53.5 Å². The van der Waals surface area contributed by atoms with E-state index in [9.17, 15) is 13.2 Å². The summed E-state index contributed by atoms with van der Waals surface area (Å²) in [4.78, 5) is 12.5. The van der Waals surface area contributed by atoms with Crippen LogP contribution in [0.1, 0.15) is 49.1 Å². The smallest absolute Gasteiger partial charge is 0.280 e. The number of nitrogens with one attached hydrogen (secondary N) is 1. The molecule has 0 saturated heterocycles. The van der Waals surface area contributed by atoms with Crippen molar-refractivity contribution in [3.63, 3.8) is 0 Å². The average molecular weight is 496 g/mol. The molecular weight excluding hydrogens is 467 g/mol. The first kappa shape index (κ1) is 26.5. The number of anilines is 1. The van der Waals surface area contributed by atoms with Crippen molar-refractivity contribution in [2.75, 3.05) is 12.5 Å². The van der Waals surface area contributed by atoms with Crippen molar-refractivity contribution in [1.29, 1.82) is 0 Å². The van der Waals surface area contributed by atoms with Crippen LogP contribution in [0.4, 0.5) is 18.9 Å². The molecule has 1 aromatic heterocycles. The zero-order valence-electron chi connectivity index (χ0n) is 20.2. The number of pyridine rings is 1. The van der Waals surface area contributed by atoms with Crippen LogP contribution in [0.25, 0.3) is 0 Å². The fourth-order valence-corrected chi connectivity index (χ4v) is 3.39. The number of hydrogen-bond donors (Lipinski definition) is 2. The SMILES string of the molecule is CC(C)c1ccc(C2C=CC(Nc3ccc(Oc4ccnc(C(F)F)c4)cc3)=NC(N)=N2)cc1.CF. The lowest BCUT2D eigenvalue weighted by atomic mass is 9.99. The number of alkyl halides is 3. The molecule has 3 N–H and O–H groups in total. The molecule has 1 aliphatic rings. The molecule has 0 aliphatic carbocycles. The van der Waals surface area contributed by atoms with E-state index < -0.39 is 6.43 Å². The highest BCUT2D eigenvalue weighted by atomic mass is 19.3. The van der Waals surface area contributed by atoms with Gasteiger partial charge in [0.15, 0.2) is 0 Å². The van der Waals surface area contributed by atoms with E-state index in [1.807, 2.05) is 12.2 Å². The topological polar surface area (TPSA) is 84.9 Å². The van der Waals surface area contributed by atoms with E-state index in [-0.39, 0.29) is 17.7 Å². The van der Waals surface area contributed by atoms with Crippen LogP contribution in [0, 0.1) is 0 Å². The van der Waals surface area contributed by atoms with Gasteiger partial charge in [0.05, 0.1) is 13.2 Å². The Bertz CT molecular complexity index is 1220. The van der Waals surface area contributed by atoms with Gasteiger partial charge in [-0.15, -0.1) is 0 Å². The summed E-state index contributed by atoms with van der Waals surface area (Å²) in [5, 5.41) is 3.20. The number of ether oxygens (including phenoxy) is 1. The van der Waals surface area contributed by atoms with E-state index in [1.54, 1.807) is 24.3 Å². The molecule has 3 aromatic rings. The van der Waals surface area contributed by atoms with E-state index in [0.29, 0.717) is 30.4 Å². The monoisotopic (exact) mass is 495 g/mol. The zero-order valence-corrected chi connectivity index (χ0v) is 20.2. The van der Waals surface area contributed by atoms with Gasteiger partial charge in [0.25, 0.3) is 6.43 Å². The lowest BCUT2D eigenvalue weighted by Gasteiger charge is -2.10. The van der Waals surface area contributed by atoms with Crippen LogP contribution in [-0.4, -0.2) is 24.0 Å². The van der Waals surface area contributed by atoms with E-state index in [1.165, 1.54) is 23.9 Å². The molecule has 9 heteroatoms. The van der Waals surface area contributed by atoms with Crippen LogP contribution in [0.5, 0.6) is 11.5 Å². The number of benzene rings is 2. The van der Waals surface area contributed by atoms with Gasteiger partial charge < -0.3 is 15.8 Å². The Kier molecular flexibility index (Phi) is 9.21. The van der Waals surface area contributed by atoms with Crippen molar-refractivity contribution < 1.29 is 17.9 Å². The number of rotatable bonds is 6. The lowest BCUT2D eigenvalue weighted by molar-refractivity contribution is 0.145. The highest BCUT2D eigenvalue weighted by Gasteiger charge is 2.13. The van der Waals surface area contributed by atoms with Crippen molar-refractivity contribution in [3.8, 4) is 11.5 Å². The molecular formula is C27H28F3N5O. The molecule has 1 unspecified atom stereocenters. The fraction of sp³-hybridized carbons (Fsp3) is 0.222. The first-order valence-electron chi connectivity index (χ1n) is 11.2. The number of nitrogens with two attached hydrogens (primary N) is 1. The third-order valence-corrected chi connectivity index (χ3v) is 5.23. The fourth-order valence-electron chi connectivity index (χ4n) is 3.39. The summed E-state index contributed by atoms with van der Waals surface area (Å²) in [5.41, 5.74) is 8.76. The quantitative estimate of drug-likeness (QED) is 0.387. The van der Waals surface area contributed by atoms with Crippen LogP contribution in [0.2, 0.25) is 0 Å². The van der Waals surface area contributed by atoms with Crippen molar-refractivity contribution in [2.45, 2.75) is 32.2 Å². The lowest BCUT2D eigenvalue weighted by Crippen LogP contribution is -2.15. The number of halogens is 3. The van der Waals surface area contributed by atoms with E-state index in [0.717, 1.165) is 11.3 Å². The summed E-state index contributed by atoms with van der Waals surface area (Å²) in [6, 6.07) is 17.9. The van der Waals surface area contributed by atoms with Crippen LogP contribution in [0.3, 0.4) is 0 Å². The van der Waals surface area contributed by atoms with Gasteiger partial charge in [0, 0.05) is 18.0 Å². The number of hydrogen-bond acceptors (Lipinski definition) is 6. The normalized spacial score (nSPS) is 14.9. The molecule has 36 heavy (non-hydrogen) atoms. The Labute approximate surface area is 208 Å². The van der Waals surface area contributed by atoms with Crippen molar-refractivity contribution >= 4 is 17.5 Å². The molecule has 2 heterocycles. The zero-order chi connectivity index (χ0) is 26.1. The largest absolute Gasteiger partial charge is 0.457 e. The van der Waals surface area contributed by atoms with Gasteiger partial charge in [-0.3, -0.25) is 9.37 Å². The van der Waals surface area contributed by atoms with Gasteiger partial charge in [0.1, 0.15) is 23.0 Å². The molecule has 2 aromatic carbocycles. The second kappa shape index (κ2) is 12.5. The minimum Gasteiger partial charge on any atom is -0.457 e. The summed E-state index contributed by atoms with van der Waals surface area (Å²) in [5.74, 6) is 1.98. The summed E-state index contributed by atoms with van der Waals surface area (Å²) in [7, 11) is 0.500. The third kappa shape index (κ3) is 7.18. The van der Waals surface area contributed by atoms with Crippen molar-refractivity contribution in [1.82, 2.24) is 4.98 Å². The standard InChI is InChI=1S/C26H25F2N5O.CH3F/c1-16(2)17-3-5-18(6-4-17)22-11-12-24(33-26(29)32-22)31-19-7-9-20(10-8-19)34-21-13-14-30-23(15-21)25(27)28;1-2/h3-16,22,25H,1-2H3,(H3,29,31,32,33);1H3. The predicted octanol–water partition coefficient (Wildman–Crippen LogP) is 6.96. The summed E-state index contributed by atoms with van der Waals surface area (Å²) in [6.07, 6.45) is 2.43. The number of aliphatic imine (C=N–C) groups is 2. The van der Waals surface area contributed by atoms with Crippen LogP contribution >= 0.6 is 0 Å². The molecule has 0 amide bonds. The Morgan fingerprint density at radius 2 is 1.64 bits per heavy atom. The minimum absolute atomic E-state index is 0.179. The molecule has 4 rings (SSSR count). The maximum absolute atomic E-state index is 12.8. The first-order valence-corrected chi connectivity index (χ1v) is 11.2.